The van der Waals surface area contributed by atoms with Gasteiger partial charge in [0.15, 0.2) is 0 Å². The topological polar surface area (TPSA) is 56.0 Å². The molecule has 0 fully saturated rings. The summed E-state index contributed by atoms with van der Waals surface area (Å²) in [5, 5.41) is 11.8. The fraction of sp³-hybridized carbons (Fsp3) is 0. The zero-order chi connectivity index (χ0) is 17.9. The molecule has 5 heteroatoms. The van der Waals surface area contributed by atoms with Crippen LogP contribution in [-0.2, 0) is 0 Å². The number of para-hydroxylation sites is 1. The Balaban J connectivity index is 1.86. The summed E-state index contributed by atoms with van der Waals surface area (Å²) in [6, 6.07) is 24.6. The van der Waals surface area contributed by atoms with Crippen LogP contribution in [0.4, 0.5) is 5.69 Å². The average molecular weight is 358 g/mol. The Labute approximate surface area is 154 Å². The van der Waals surface area contributed by atoms with Crippen molar-refractivity contribution in [2.24, 2.45) is 0 Å². The number of nitro benzene ring substituents is 1. The fourth-order valence-electron chi connectivity index (χ4n) is 2.73. The van der Waals surface area contributed by atoms with E-state index in [4.69, 9.17) is 4.98 Å². The Morgan fingerprint density at radius 3 is 2.31 bits per heavy atom. The van der Waals surface area contributed by atoms with Gasteiger partial charge in [0.05, 0.1) is 15.1 Å². The van der Waals surface area contributed by atoms with Gasteiger partial charge in [-0.15, -0.1) is 11.3 Å². The van der Waals surface area contributed by atoms with E-state index >= 15 is 0 Å². The molecule has 3 aromatic carbocycles. The van der Waals surface area contributed by atoms with Crippen molar-refractivity contribution in [2.45, 2.75) is 0 Å². The minimum Gasteiger partial charge on any atom is -0.258 e. The molecule has 0 saturated heterocycles. The van der Waals surface area contributed by atoms with Crippen molar-refractivity contribution in [1.82, 2.24) is 4.98 Å². The van der Waals surface area contributed by atoms with Gasteiger partial charge in [0.2, 0.25) is 0 Å². The highest BCUT2D eigenvalue weighted by Gasteiger charge is 2.13. The summed E-state index contributed by atoms with van der Waals surface area (Å²) in [4.78, 5) is 15.3. The van der Waals surface area contributed by atoms with E-state index in [9.17, 15) is 10.1 Å². The molecule has 26 heavy (non-hydrogen) atoms. The molecule has 1 heterocycles. The van der Waals surface area contributed by atoms with Crippen LogP contribution in [0.5, 0.6) is 0 Å². The third-order valence-electron chi connectivity index (χ3n) is 4.02. The maximum absolute atomic E-state index is 10.9. The molecule has 0 aliphatic heterocycles. The molecular weight excluding hydrogens is 344 g/mol. The van der Waals surface area contributed by atoms with Gasteiger partial charge in [0, 0.05) is 17.7 Å². The number of rotatable bonds is 4. The molecule has 0 radical (unpaired) electrons. The molecule has 1 aromatic heterocycles. The van der Waals surface area contributed by atoms with Crippen LogP contribution in [-0.4, -0.2) is 9.91 Å². The number of nitro groups is 1. The number of non-ortho nitro benzene ring substituents is 1. The van der Waals surface area contributed by atoms with Crippen molar-refractivity contribution >= 4 is 38.9 Å². The predicted molar refractivity (Wildman–Crippen MR) is 106 cm³/mol. The van der Waals surface area contributed by atoms with Gasteiger partial charge >= 0.3 is 0 Å². The van der Waals surface area contributed by atoms with Crippen LogP contribution in [0.15, 0.2) is 78.9 Å². The molecule has 0 aliphatic carbocycles. The Kier molecular flexibility index (Phi) is 4.29. The first-order valence-electron chi connectivity index (χ1n) is 8.08. The maximum atomic E-state index is 10.9. The first-order valence-corrected chi connectivity index (χ1v) is 8.90. The minimum atomic E-state index is -0.387. The third kappa shape index (κ3) is 3.25. The normalized spacial score (nSPS) is 11.6. The van der Waals surface area contributed by atoms with Gasteiger partial charge in [-0.05, 0) is 41.5 Å². The summed E-state index contributed by atoms with van der Waals surface area (Å²) in [7, 11) is 0. The summed E-state index contributed by atoms with van der Waals surface area (Å²) < 4.78 is 1.11. The monoisotopic (exact) mass is 358 g/mol. The van der Waals surface area contributed by atoms with Gasteiger partial charge in [0.1, 0.15) is 5.01 Å². The summed E-state index contributed by atoms with van der Waals surface area (Å²) in [5.41, 5.74) is 3.94. The lowest BCUT2D eigenvalue weighted by Gasteiger charge is -2.05. The average Bonchev–Trinajstić information content (AvgIpc) is 3.11. The second kappa shape index (κ2) is 6.90. The van der Waals surface area contributed by atoms with E-state index in [-0.39, 0.29) is 10.6 Å². The van der Waals surface area contributed by atoms with E-state index in [1.54, 1.807) is 23.5 Å². The molecule has 4 aromatic rings. The zero-order valence-electron chi connectivity index (χ0n) is 13.7. The summed E-state index contributed by atoms with van der Waals surface area (Å²) in [6.45, 7) is 0. The summed E-state index contributed by atoms with van der Waals surface area (Å²) in [5.74, 6) is 0. The Morgan fingerprint density at radius 2 is 1.62 bits per heavy atom. The van der Waals surface area contributed by atoms with E-state index in [1.807, 2.05) is 54.6 Å². The number of hydrogen-bond donors (Lipinski definition) is 0. The zero-order valence-corrected chi connectivity index (χ0v) is 14.5. The number of thiazole rings is 1. The minimum absolute atomic E-state index is 0.0807. The maximum Gasteiger partial charge on any atom is 0.269 e. The van der Waals surface area contributed by atoms with Crippen LogP contribution in [0.25, 0.3) is 21.9 Å². The van der Waals surface area contributed by atoms with Crippen molar-refractivity contribution in [2.75, 3.05) is 0 Å². The van der Waals surface area contributed by atoms with Gasteiger partial charge in [0.25, 0.3) is 5.69 Å². The molecule has 0 unspecified atom stereocenters. The first-order chi connectivity index (χ1) is 12.7. The lowest BCUT2D eigenvalue weighted by molar-refractivity contribution is -0.384. The smallest absolute Gasteiger partial charge is 0.258 e. The highest BCUT2D eigenvalue weighted by Crippen LogP contribution is 2.33. The molecule has 0 bridgehead atoms. The number of nitrogens with zero attached hydrogens (tertiary/aromatic N) is 2. The molecule has 0 amide bonds. The van der Waals surface area contributed by atoms with Crippen molar-refractivity contribution in [3.05, 3.63) is 105 Å². The molecule has 4 nitrogen and oxygen atoms in total. The number of aromatic nitrogens is 1. The third-order valence-corrected chi connectivity index (χ3v) is 5.09. The van der Waals surface area contributed by atoms with Gasteiger partial charge in [-0.2, -0.15) is 0 Å². The van der Waals surface area contributed by atoms with Gasteiger partial charge in [-0.1, -0.05) is 42.5 Å². The number of fused-ring (bicyclic) bond motifs is 1. The Hall–Kier alpha value is -3.31. The van der Waals surface area contributed by atoms with Crippen molar-refractivity contribution in [3.8, 4) is 0 Å². The number of benzene rings is 3. The predicted octanol–water partition coefficient (Wildman–Crippen LogP) is 5.79. The quantitative estimate of drug-likeness (QED) is 0.263. The highest BCUT2D eigenvalue weighted by molar-refractivity contribution is 7.19. The van der Waals surface area contributed by atoms with Crippen molar-refractivity contribution < 1.29 is 4.92 Å². The largest absolute Gasteiger partial charge is 0.269 e. The second-order valence-electron chi connectivity index (χ2n) is 5.76. The molecule has 0 saturated carbocycles. The lowest BCUT2D eigenvalue weighted by Crippen LogP contribution is -1.91. The van der Waals surface area contributed by atoms with E-state index in [1.165, 1.54) is 12.1 Å². The fourth-order valence-corrected chi connectivity index (χ4v) is 3.74. The first kappa shape index (κ1) is 16.2. The molecule has 0 atom stereocenters. The van der Waals surface area contributed by atoms with E-state index in [0.29, 0.717) is 0 Å². The number of hydrogen-bond acceptors (Lipinski definition) is 4. The van der Waals surface area contributed by atoms with Crippen molar-refractivity contribution in [1.29, 1.82) is 0 Å². The molecule has 4 rings (SSSR count). The van der Waals surface area contributed by atoms with Crippen LogP contribution in [0.2, 0.25) is 0 Å². The van der Waals surface area contributed by atoms with Crippen LogP contribution in [0.1, 0.15) is 16.1 Å². The summed E-state index contributed by atoms with van der Waals surface area (Å²) in [6.07, 6.45) is 2.07. The van der Waals surface area contributed by atoms with Crippen molar-refractivity contribution in [3.63, 3.8) is 0 Å². The van der Waals surface area contributed by atoms with Gasteiger partial charge in [-0.3, -0.25) is 10.1 Å². The van der Waals surface area contributed by atoms with Crippen LogP contribution in [0, 0.1) is 10.1 Å². The van der Waals surface area contributed by atoms with E-state index in [2.05, 4.69) is 6.08 Å². The standard InChI is InChI=1S/C21H14N2O2S/c24-23(25)17-12-10-16(11-13-17)18(14-15-6-2-1-3-7-15)21-22-19-8-4-5-9-20(19)26-21/h1-14H/b18-14-. The van der Waals surface area contributed by atoms with E-state index in [0.717, 1.165) is 31.9 Å². The van der Waals surface area contributed by atoms with E-state index < -0.39 is 0 Å². The lowest BCUT2D eigenvalue weighted by atomic mass is 10.0. The molecule has 0 N–H and O–H groups in total. The SMILES string of the molecule is O=[N+]([O-])c1ccc(/C(=C/c2ccccc2)c2nc3ccccc3s2)cc1. The van der Waals surface area contributed by atoms with Crippen LogP contribution >= 0.6 is 11.3 Å². The van der Waals surface area contributed by atoms with Gasteiger partial charge < -0.3 is 0 Å². The van der Waals surface area contributed by atoms with Crippen LogP contribution < -0.4 is 0 Å². The molecular formula is C21H14N2O2S. The Morgan fingerprint density at radius 1 is 0.923 bits per heavy atom. The molecule has 0 aliphatic rings. The van der Waals surface area contributed by atoms with Gasteiger partial charge in [-0.25, -0.2) is 4.98 Å². The highest BCUT2D eigenvalue weighted by atomic mass is 32.1. The molecule has 126 valence electrons. The summed E-state index contributed by atoms with van der Waals surface area (Å²) >= 11 is 1.62. The second-order valence-corrected chi connectivity index (χ2v) is 6.79. The molecule has 0 spiro atoms. The Bertz CT molecular complexity index is 1070. The van der Waals surface area contributed by atoms with Crippen LogP contribution in [0.3, 0.4) is 0 Å².